The van der Waals surface area contributed by atoms with Crippen molar-refractivity contribution in [2.75, 3.05) is 19.6 Å². The molecule has 0 radical (unpaired) electrons. The van der Waals surface area contributed by atoms with Crippen molar-refractivity contribution >= 4 is 0 Å². The van der Waals surface area contributed by atoms with E-state index in [1.165, 1.54) is 0 Å². The van der Waals surface area contributed by atoms with Crippen molar-refractivity contribution < 1.29 is 8.78 Å². The Hall–Kier alpha value is -0.220. The van der Waals surface area contributed by atoms with E-state index >= 15 is 0 Å². The van der Waals surface area contributed by atoms with Crippen LogP contribution in [-0.2, 0) is 0 Å². The molecule has 0 bridgehead atoms. The molecule has 1 heterocycles. The van der Waals surface area contributed by atoms with Crippen LogP contribution in [0.5, 0.6) is 0 Å². The van der Waals surface area contributed by atoms with Gasteiger partial charge in [0.15, 0.2) is 0 Å². The van der Waals surface area contributed by atoms with E-state index in [-0.39, 0.29) is 11.8 Å². The number of likely N-dealkylation sites (tertiary alicyclic amines) is 1. The third kappa shape index (κ3) is 3.17. The van der Waals surface area contributed by atoms with Crippen molar-refractivity contribution in [1.29, 1.82) is 0 Å². The van der Waals surface area contributed by atoms with Gasteiger partial charge < -0.3 is 5.73 Å². The number of rotatable bonds is 5. The molecule has 0 saturated carbocycles. The fourth-order valence-corrected chi connectivity index (χ4v) is 2.00. The predicted molar refractivity (Wildman–Crippen MR) is 53.4 cm³/mol. The lowest BCUT2D eigenvalue weighted by Crippen LogP contribution is -2.54. The molecule has 1 saturated heterocycles. The van der Waals surface area contributed by atoms with Gasteiger partial charge in [-0.05, 0) is 11.8 Å². The molecular formula is C10H20F2N2. The molecule has 0 amide bonds. The highest BCUT2D eigenvalue weighted by Crippen LogP contribution is 2.29. The lowest BCUT2D eigenvalue weighted by atomic mass is 9.86. The molecule has 0 aromatic rings. The average molecular weight is 206 g/mol. The van der Waals surface area contributed by atoms with E-state index < -0.39 is 6.43 Å². The molecule has 4 heteroatoms. The SMILES string of the molecule is CC(C)(CC(F)F)CN1CCC1CN. The molecule has 0 aromatic carbocycles. The monoisotopic (exact) mass is 206 g/mol. The zero-order chi connectivity index (χ0) is 10.8. The van der Waals surface area contributed by atoms with Crippen molar-refractivity contribution in [2.45, 2.75) is 39.2 Å². The van der Waals surface area contributed by atoms with E-state index in [1.807, 2.05) is 13.8 Å². The van der Waals surface area contributed by atoms with Crippen LogP contribution in [-0.4, -0.2) is 37.0 Å². The van der Waals surface area contributed by atoms with Gasteiger partial charge in [0.1, 0.15) is 0 Å². The summed E-state index contributed by atoms with van der Waals surface area (Å²) >= 11 is 0. The summed E-state index contributed by atoms with van der Waals surface area (Å²) in [6.07, 6.45) is -1.12. The Bertz CT molecular complexity index is 181. The maximum absolute atomic E-state index is 12.2. The van der Waals surface area contributed by atoms with Gasteiger partial charge in [-0.2, -0.15) is 0 Å². The summed E-state index contributed by atoms with van der Waals surface area (Å²) in [6, 6.07) is 0.423. The Balaban J connectivity index is 2.34. The molecule has 1 unspecified atom stereocenters. The predicted octanol–water partition coefficient (Wildman–Crippen LogP) is 1.70. The number of hydrogen-bond acceptors (Lipinski definition) is 2. The third-order valence-corrected chi connectivity index (χ3v) is 2.88. The van der Waals surface area contributed by atoms with Gasteiger partial charge in [-0.25, -0.2) is 8.78 Å². The van der Waals surface area contributed by atoms with E-state index in [4.69, 9.17) is 5.73 Å². The maximum Gasteiger partial charge on any atom is 0.239 e. The van der Waals surface area contributed by atoms with Crippen LogP contribution in [0.2, 0.25) is 0 Å². The zero-order valence-corrected chi connectivity index (χ0v) is 8.97. The lowest BCUT2D eigenvalue weighted by Gasteiger charge is -2.44. The molecule has 0 aliphatic carbocycles. The van der Waals surface area contributed by atoms with E-state index in [0.29, 0.717) is 12.6 Å². The minimum absolute atomic E-state index is 0.0270. The summed E-state index contributed by atoms with van der Waals surface area (Å²) in [4.78, 5) is 2.21. The summed E-state index contributed by atoms with van der Waals surface area (Å²) < 4.78 is 24.5. The van der Waals surface area contributed by atoms with Crippen LogP contribution in [0.15, 0.2) is 0 Å². The van der Waals surface area contributed by atoms with Gasteiger partial charge in [0.05, 0.1) is 0 Å². The van der Waals surface area contributed by atoms with Gasteiger partial charge in [0.2, 0.25) is 6.43 Å². The highest BCUT2D eigenvalue weighted by molar-refractivity contribution is 4.87. The van der Waals surface area contributed by atoms with Crippen molar-refractivity contribution in [1.82, 2.24) is 4.90 Å². The van der Waals surface area contributed by atoms with Crippen molar-refractivity contribution in [3.05, 3.63) is 0 Å². The summed E-state index contributed by atoms with van der Waals surface area (Å²) in [5.74, 6) is 0. The zero-order valence-electron chi connectivity index (χ0n) is 8.97. The van der Waals surface area contributed by atoms with Crippen LogP contribution in [0.25, 0.3) is 0 Å². The van der Waals surface area contributed by atoms with Gasteiger partial charge in [-0.1, -0.05) is 13.8 Å². The second-order valence-corrected chi connectivity index (χ2v) is 4.91. The smallest absolute Gasteiger partial charge is 0.239 e. The Morgan fingerprint density at radius 2 is 2.14 bits per heavy atom. The number of nitrogens with zero attached hydrogens (tertiary/aromatic N) is 1. The van der Waals surface area contributed by atoms with Gasteiger partial charge in [0.25, 0.3) is 0 Å². The first-order chi connectivity index (χ1) is 6.44. The van der Waals surface area contributed by atoms with E-state index in [1.54, 1.807) is 0 Å². The van der Waals surface area contributed by atoms with Crippen molar-refractivity contribution in [3.8, 4) is 0 Å². The molecule has 1 rings (SSSR count). The van der Waals surface area contributed by atoms with Crippen LogP contribution in [0.3, 0.4) is 0 Å². The molecule has 1 fully saturated rings. The van der Waals surface area contributed by atoms with E-state index in [9.17, 15) is 8.78 Å². The van der Waals surface area contributed by atoms with Gasteiger partial charge in [0, 0.05) is 32.1 Å². The second kappa shape index (κ2) is 4.53. The van der Waals surface area contributed by atoms with Gasteiger partial charge >= 0.3 is 0 Å². The van der Waals surface area contributed by atoms with E-state index in [2.05, 4.69) is 4.90 Å². The quantitative estimate of drug-likeness (QED) is 0.742. The Kier molecular flexibility index (Phi) is 3.84. The summed E-state index contributed by atoms with van der Waals surface area (Å²) in [5.41, 5.74) is 5.25. The largest absolute Gasteiger partial charge is 0.329 e. The molecule has 1 aliphatic heterocycles. The minimum Gasteiger partial charge on any atom is -0.329 e. The fourth-order valence-electron chi connectivity index (χ4n) is 2.00. The fraction of sp³-hybridized carbons (Fsp3) is 1.00. The number of nitrogens with two attached hydrogens (primary N) is 1. The average Bonchev–Trinajstić information content (AvgIpc) is 1.97. The van der Waals surface area contributed by atoms with Crippen LogP contribution >= 0.6 is 0 Å². The highest BCUT2D eigenvalue weighted by atomic mass is 19.3. The molecule has 14 heavy (non-hydrogen) atoms. The maximum atomic E-state index is 12.2. The standard InChI is InChI=1S/C10H20F2N2/c1-10(2,5-9(11)12)7-14-4-3-8(14)6-13/h8-9H,3-7,13H2,1-2H3. The van der Waals surface area contributed by atoms with Crippen molar-refractivity contribution in [2.24, 2.45) is 11.1 Å². The van der Waals surface area contributed by atoms with Gasteiger partial charge in [-0.15, -0.1) is 0 Å². The van der Waals surface area contributed by atoms with Crippen molar-refractivity contribution in [3.63, 3.8) is 0 Å². The molecule has 1 aliphatic rings. The molecule has 2 N–H and O–H groups in total. The molecule has 2 nitrogen and oxygen atoms in total. The normalized spacial score (nSPS) is 24.0. The van der Waals surface area contributed by atoms with Crippen LogP contribution in [0, 0.1) is 5.41 Å². The number of alkyl halides is 2. The third-order valence-electron chi connectivity index (χ3n) is 2.88. The minimum atomic E-state index is -2.21. The van der Waals surface area contributed by atoms with Crippen LogP contribution in [0.4, 0.5) is 8.78 Å². The first kappa shape index (κ1) is 11.9. The van der Waals surface area contributed by atoms with Crippen LogP contribution < -0.4 is 5.73 Å². The van der Waals surface area contributed by atoms with Crippen LogP contribution in [0.1, 0.15) is 26.7 Å². The number of hydrogen-bond donors (Lipinski definition) is 1. The summed E-state index contributed by atoms with van der Waals surface area (Å²) in [6.45, 7) is 6.18. The number of halogens is 2. The Labute approximate surface area is 84.4 Å². The van der Waals surface area contributed by atoms with E-state index in [0.717, 1.165) is 19.5 Å². The molecular weight excluding hydrogens is 186 g/mol. The Morgan fingerprint density at radius 3 is 2.50 bits per heavy atom. The lowest BCUT2D eigenvalue weighted by molar-refractivity contribution is 0.0191. The first-order valence-corrected chi connectivity index (χ1v) is 5.17. The van der Waals surface area contributed by atoms with Gasteiger partial charge in [-0.3, -0.25) is 4.90 Å². The molecule has 84 valence electrons. The second-order valence-electron chi connectivity index (χ2n) is 4.91. The Morgan fingerprint density at radius 1 is 1.50 bits per heavy atom. The molecule has 0 aromatic heterocycles. The highest BCUT2D eigenvalue weighted by Gasteiger charge is 2.33. The molecule has 1 atom stereocenters. The first-order valence-electron chi connectivity index (χ1n) is 5.17. The molecule has 0 spiro atoms. The topological polar surface area (TPSA) is 29.3 Å². The summed E-state index contributed by atoms with van der Waals surface area (Å²) in [7, 11) is 0. The summed E-state index contributed by atoms with van der Waals surface area (Å²) in [5, 5.41) is 0.